The summed E-state index contributed by atoms with van der Waals surface area (Å²) in [7, 11) is 0. The molecule has 0 radical (unpaired) electrons. The Bertz CT molecular complexity index is 521. The third-order valence-electron chi connectivity index (χ3n) is 3.45. The predicted molar refractivity (Wildman–Crippen MR) is 64.9 cm³/mol. The lowest BCUT2D eigenvalue weighted by Crippen LogP contribution is -2.10. The Kier molecular flexibility index (Phi) is 2.21. The van der Waals surface area contributed by atoms with Crippen molar-refractivity contribution in [3.05, 3.63) is 35.3 Å². The van der Waals surface area contributed by atoms with Gasteiger partial charge in [0.2, 0.25) is 0 Å². The van der Waals surface area contributed by atoms with Gasteiger partial charge in [0.1, 0.15) is 5.65 Å². The van der Waals surface area contributed by atoms with Crippen LogP contribution >= 0.6 is 0 Å². The molecule has 1 aliphatic heterocycles. The molecule has 1 atom stereocenters. The molecule has 2 aromatic heterocycles. The van der Waals surface area contributed by atoms with Gasteiger partial charge in [-0.2, -0.15) is 0 Å². The fourth-order valence-electron chi connectivity index (χ4n) is 2.66. The number of aromatic nitrogens is 2. The highest BCUT2D eigenvalue weighted by Crippen LogP contribution is 2.26. The second-order valence-electron chi connectivity index (χ2n) is 4.70. The molecule has 1 aliphatic rings. The third kappa shape index (κ3) is 1.43. The molecule has 1 fully saturated rings. The molecule has 1 unspecified atom stereocenters. The van der Waals surface area contributed by atoms with E-state index in [4.69, 9.17) is 0 Å². The Morgan fingerprint density at radius 1 is 1.44 bits per heavy atom. The van der Waals surface area contributed by atoms with Gasteiger partial charge < -0.3 is 9.72 Å². The molecule has 0 aromatic carbocycles. The molecule has 3 heteroatoms. The van der Waals surface area contributed by atoms with Gasteiger partial charge in [-0.05, 0) is 44.5 Å². The van der Waals surface area contributed by atoms with Crippen LogP contribution in [-0.2, 0) is 0 Å². The van der Waals surface area contributed by atoms with E-state index in [1.54, 1.807) is 0 Å². The van der Waals surface area contributed by atoms with Gasteiger partial charge in [0.15, 0.2) is 0 Å². The van der Waals surface area contributed by atoms with Crippen molar-refractivity contribution in [2.24, 2.45) is 0 Å². The van der Waals surface area contributed by atoms with Crippen molar-refractivity contribution in [3.63, 3.8) is 0 Å². The maximum atomic E-state index is 4.65. The van der Waals surface area contributed by atoms with Gasteiger partial charge in [0, 0.05) is 24.4 Å². The Morgan fingerprint density at radius 3 is 3.06 bits per heavy atom. The zero-order chi connectivity index (χ0) is 11.1. The predicted octanol–water partition coefficient (Wildman–Crippen LogP) is 2.03. The Hall–Kier alpha value is -1.35. The zero-order valence-electron chi connectivity index (χ0n) is 9.83. The van der Waals surface area contributed by atoms with Gasteiger partial charge in [0.05, 0.1) is 5.69 Å². The van der Waals surface area contributed by atoms with E-state index in [1.165, 1.54) is 23.4 Å². The normalized spacial score (nSPS) is 20.8. The van der Waals surface area contributed by atoms with Crippen LogP contribution in [0.3, 0.4) is 0 Å². The summed E-state index contributed by atoms with van der Waals surface area (Å²) in [5.41, 5.74) is 4.92. The lowest BCUT2D eigenvalue weighted by atomic mass is 10.0. The first kappa shape index (κ1) is 9.85. The number of aryl methyl sites for hydroxylation is 2. The third-order valence-corrected chi connectivity index (χ3v) is 3.45. The monoisotopic (exact) mass is 215 g/mol. The molecule has 3 rings (SSSR count). The van der Waals surface area contributed by atoms with Gasteiger partial charge in [-0.15, -0.1) is 0 Å². The number of hydrogen-bond acceptors (Lipinski definition) is 2. The summed E-state index contributed by atoms with van der Waals surface area (Å²) in [5, 5.41) is 3.42. The van der Waals surface area contributed by atoms with E-state index in [-0.39, 0.29) is 0 Å². The summed E-state index contributed by atoms with van der Waals surface area (Å²) >= 11 is 0. The van der Waals surface area contributed by atoms with E-state index < -0.39 is 0 Å². The Labute approximate surface area is 95.5 Å². The van der Waals surface area contributed by atoms with Crippen LogP contribution in [0.4, 0.5) is 0 Å². The topological polar surface area (TPSA) is 29.3 Å². The van der Waals surface area contributed by atoms with Gasteiger partial charge in [0.25, 0.3) is 0 Å². The highest BCUT2D eigenvalue weighted by atomic mass is 15.0. The SMILES string of the molecule is Cc1ccn2c(C3CCNC3)c(C)nc2c1. The molecule has 0 spiro atoms. The summed E-state index contributed by atoms with van der Waals surface area (Å²) in [6.45, 7) is 6.45. The molecule has 1 N–H and O–H groups in total. The highest BCUT2D eigenvalue weighted by Gasteiger charge is 2.22. The molecule has 0 bridgehead atoms. The van der Waals surface area contributed by atoms with Crippen molar-refractivity contribution >= 4 is 5.65 Å². The van der Waals surface area contributed by atoms with E-state index >= 15 is 0 Å². The van der Waals surface area contributed by atoms with Crippen molar-refractivity contribution in [1.82, 2.24) is 14.7 Å². The molecule has 84 valence electrons. The summed E-state index contributed by atoms with van der Waals surface area (Å²) in [6, 6.07) is 4.30. The first-order valence-corrected chi connectivity index (χ1v) is 5.91. The van der Waals surface area contributed by atoms with Crippen LogP contribution in [0.1, 0.15) is 29.3 Å². The number of nitrogens with zero attached hydrogens (tertiary/aromatic N) is 2. The maximum Gasteiger partial charge on any atom is 0.137 e. The van der Waals surface area contributed by atoms with Crippen LogP contribution in [-0.4, -0.2) is 22.5 Å². The van der Waals surface area contributed by atoms with E-state index in [2.05, 4.69) is 46.9 Å². The minimum atomic E-state index is 0.623. The van der Waals surface area contributed by atoms with Crippen molar-refractivity contribution < 1.29 is 0 Å². The lowest BCUT2D eigenvalue weighted by molar-refractivity contribution is 0.719. The lowest BCUT2D eigenvalue weighted by Gasteiger charge is -2.09. The van der Waals surface area contributed by atoms with Gasteiger partial charge in [-0.3, -0.25) is 0 Å². The second-order valence-corrected chi connectivity index (χ2v) is 4.70. The van der Waals surface area contributed by atoms with E-state index in [9.17, 15) is 0 Å². The van der Waals surface area contributed by atoms with Crippen LogP contribution in [0.15, 0.2) is 18.3 Å². The van der Waals surface area contributed by atoms with Crippen LogP contribution in [0.25, 0.3) is 5.65 Å². The van der Waals surface area contributed by atoms with Crippen molar-refractivity contribution in [2.75, 3.05) is 13.1 Å². The standard InChI is InChI=1S/C13H17N3/c1-9-4-6-16-12(7-9)15-10(2)13(16)11-3-5-14-8-11/h4,6-7,11,14H,3,5,8H2,1-2H3. The van der Waals surface area contributed by atoms with Gasteiger partial charge >= 0.3 is 0 Å². The van der Waals surface area contributed by atoms with E-state index in [0.29, 0.717) is 5.92 Å². The molecule has 16 heavy (non-hydrogen) atoms. The largest absolute Gasteiger partial charge is 0.316 e. The maximum absolute atomic E-state index is 4.65. The number of hydrogen-bond donors (Lipinski definition) is 1. The fourth-order valence-corrected chi connectivity index (χ4v) is 2.66. The number of nitrogens with one attached hydrogen (secondary N) is 1. The van der Waals surface area contributed by atoms with Crippen LogP contribution in [0, 0.1) is 13.8 Å². The fraction of sp³-hybridized carbons (Fsp3) is 0.462. The Morgan fingerprint density at radius 2 is 2.31 bits per heavy atom. The molecule has 3 nitrogen and oxygen atoms in total. The summed E-state index contributed by atoms with van der Waals surface area (Å²) in [6.07, 6.45) is 3.38. The molecular weight excluding hydrogens is 198 g/mol. The van der Waals surface area contributed by atoms with Crippen molar-refractivity contribution in [2.45, 2.75) is 26.2 Å². The molecule has 2 aromatic rings. The molecule has 3 heterocycles. The first-order valence-electron chi connectivity index (χ1n) is 5.91. The number of fused-ring (bicyclic) bond motifs is 1. The summed E-state index contributed by atoms with van der Waals surface area (Å²) < 4.78 is 2.25. The van der Waals surface area contributed by atoms with E-state index in [1.807, 2.05) is 0 Å². The minimum Gasteiger partial charge on any atom is -0.316 e. The second kappa shape index (κ2) is 3.59. The first-order chi connectivity index (χ1) is 7.75. The van der Waals surface area contributed by atoms with E-state index in [0.717, 1.165) is 18.7 Å². The quantitative estimate of drug-likeness (QED) is 0.788. The average molecular weight is 215 g/mol. The van der Waals surface area contributed by atoms with Crippen molar-refractivity contribution in [1.29, 1.82) is 0 Å². The van der Waals surface area contributed by atoms with Crippen LogP contribution < -0.4 is 5.32 Å². The number of imidazole rings is 1. The molecular formula is C13H17N3. The molecule has 1 saturated heterocycles. The Balaban J connectivity index is 2.18. The summed E-state index contributed by atoms with van der Waals surface area (Å²) in [4.78, 5) is 4.65. The molecule has 0 saturated carbocycles. The number of pyridine rings is 1. The van der Waals surface area contributed by atoms with Gasteiger partial charge in [-0.1, -0.05) is 0 Å². The molecule has 0 amide bonds. The van der Waals surface area contributed by atoms with Crippen molar-refractivity contribution in [3.8, 4) is 0 Å². The highest BCUT2D eigenvalue weighted by molar-refractivity contribution is 5.46. The minimum absolute atomic E-state index is 0.623. The number of rotatable bonds is 1. The molecule has 0 aliphatic carbocycles. The van der Waals surface area contributed by atoms with Crippen LogP contribution in [0.5, 0.6) is 0 Å². The summed E-state index contributed by atoms with van der Waals surface area (Å²) in [5.74, 6) is 0.623. The smallest absolute Gasteiger partial charge is 0.137 e. The van der Waals surface area contributed by atoms with Crippen LogP contribution in [0.2, 0.25) is 0 Å². The average Bonchev–Trinajstić information content (AvgIpc) is 2.83. The van der Waals surface area contributed by atoms with Gasteiger partial charge in [-0.25, -0.2) is 4.98 Å². The zero-order valence-corrected chi connectivity index (χ0v) is 9.83.